The average Bonchev–Trinajstić information content (AvgIpc) is 2.97. The number of carboxylic acids is 1. The SMILES string of the molecule is CO[C@@H]1CCC[C@@]12CCCN(Cc1ccccc1C(=O)O)C2.O=CO. The van der Waals surface area contributed by atoms with E-state index in [2.05, 4.69) is 4.90 Å². The van der Waals surface area contributed by atoms with Crippen LogP contribution in [-0.4, -0.2) is 53.9 Å². The number of aromatic carboxylic acids is 1. The molecule has 6 heteroatoms. The number of methoxy groups -OCH3 is 1. The molecule has 0 bridgehead atoms. The quantitative estimate of drug-likeness (QED) is 0.813. The minimum Gasteiger partial charge on any atom is -0.483 e. The van der Waals surface area contributed by atoms with Crippen LogP contribution in [0, 0.1) is 5.41 Å². The number of benzene rings is 1. The fourth-order valence-corrected chi connectivity index (χ4v) is 4.44. The second-order valence-electron chi connectivity index (χ2n) is 6.86. The number of hydrogen-bond donors (Lipinski definition) is 2. The molecule has 2 fully saturated rings. The third kappa shape index (κ3) is 4.58. The lowest BCUT2D eigenvalue weighted by molar-refractivity contribution is -0.122. The first kappa shape index (κ1) is 19.4. The number of hydrogen-bond acceptors (Lipinski definition) is 4. The molecule has 0 unspecified atom stereocenters. The summed E-state index contributed by atoms with van der Waals surface area (Å²) in [5.74, 6) is -0.835. The lowest BCUT2D eigenvalue weighted by atomic mass is 9.76. The highest BCUT2D eigenvalue weighted by atomic mass is 16.5. The molecule has 1 spiro atoms. The Morgan fingerprint density at radius 2 is 2.04 bits per heavy atom. The van der Waals surface area contributed by atoms with Crippen molar-refractivity contribution in [2.45, 2.75) is 44.8 Å². The zero-order valence-corrected chi connectivity index (χ0v) is 14.7. The molecular formula is C19H27NO5. The Balaban J connectivity index is 0.000000701. The Labute approximate surface area is 148 Å². The Kier molecular flexibility index (Phi) is 6.96. The Morgan fingerprint density at radius 3 is 2.72 bits per heavy atom. The number of ether oxygens (including phenoxy) is 1. The highest BCUT2D eigenvalue weighted by Gasteiger charge is 2.45. The zero-order chi connectivity index (χ0) is 18.3. The molecule has 2 N–H and O–H groups in total. The highest BCUT2D eigenvalue weighted by molar-refractivity contribution is 5.89. The first-order valence-corrected chi connectivity index (χ1v) is 8.70. The van der Waals surface area contributed by atoms with E-state index in [-0.39, 0.29) is 11.9 Å². The maximum absolute atomic E-state index is 11.4. The van der Waals surface area contributed by atoms with Crippen molar-refractivity contribution in [1.82, 2.24) is 4.90 Å². The van der Waals surface area contributed by atoms with E-state index in [1.807, 2.05) is 19.2 Å². The highest BCUT2D eigenvalue weighted by Crippen LogP contribution is 2.46. The molecule has 1 heterocycles. The maximum Gasteiger partial charge on any atom is 0.336 e. The van der Waals surface area contributed by atoms with Crippen molar-refractivity contribution in [3.05, 3.63) is 35.4 Å². The van der Waals surface area contributed by atoms with Crippen LogP contribution in [0.25, 0.3) is 0 Å². The van der Waals surface area contributed by atoms with Gasteiger partial charge in [0.15, 0.2) is 0 Å². The first-order chi connectivity index (χ1) is 12.1. The Morgan fingerprint density at radius 1 is 1.36 bits per heavy atom. The summed E-state index contributed by atoms with van der Waals surface area (Å²) in [4.78, 5) is 22.2. The molecule has 1 aromatic carbocycles. The molecule has 0 aromatic heterocycles. The molecule has 0 radical (unpaired) electrons. The van der Waals surface area contributed by atoms with Gasteiger partial charge in [0.1, 0.15) is 0 Å². The minimum atomic E-state index is -0.835. The van der Waals surface area contributed by atoms with Crippen molar-refractivity contribution in [3.8, 4) is 0 Å². The average molecular weight is 349 g/mol. The lowest BCUT2D eigenvalue weighted by Crippen LogP contribution is -2.47. The van der Waals surface area contributed by atoms with E-state index in [1.54, 1.807) is 12.1 Å². The third-order valence-corrected chi connectivity index (χ3v) is 5.44. The van der Waals surface area contributed by atoms with Gasteiger partial charge in [-0.15, -0.1) is 0 Å². The Hall–Kier alpha value is -1.92. The summed E-state index contributed by atoms with van der Waals surface area (Å²) in [5, 5.41) is 16.2. The molecule has 1 saturated carbocycles. The number of carbonyl (C=O) groups is 2. The number of piperidine rings is 1. The van der Waals surface area contributed by atoms with Crippen LogP contribution < -0.4 is 0 Å². The maximum atomic E-state index is 11.4. The molecule has 1 saturated heterocycles. The first-order valence-electron chi connectivity index (χ1n) is 8.70. The van der Waals surface area contributed by atoms with Crippen molar-refractivity contribution in [3.63, 3.8) is 0 Å². The molecule has 138 valence electrons. The molecule has 1 aromatic rings. The normalized spacial score (nSPS) is 26.0. The predicted octanol–water partition coefficient (Wildman–Crippen LogP) is 2.87. The van der Waals surface area contributed by atoms with E-state index in [9.17, 15) is 9.90 Å². The minimum absolute atomic E-state index is 0.250. The van der Waals surface area contributed by atoms with Crippen molar-refractivity contribution in [1.29, 1.82) is 0 Å². The molecule has 6 nitrogen and oxygen atoms in total. The molecule has 2 atom stereocenters. The van der Waals surface area contributed by atoms with Crippen LogP contribution in [-0.2, 0) is 16.1 Å². The van der Waals surface area contributed by atoms with E-state index in [4.69, 9.17) is 14.6 Å². The predicted molar refractivity (Wildman–Crippen MR) is 93.7 cm³/mol. The smallest absolute Gasteiger partial charge is 0.336 e. The van der Waals surface area contributed by atoms with E-state index in [0.29, 0.717) is 11.7 Å². The lowest BCUT2D eigenvalue weighted by Gasteiger charge is -2.43. The van der Waals surface area contributed by atoms with Gasteiger partial charge in [-0.25, -0.2) is 4.79 Å². The summed E-state index contributed by atoms with van der Waals surface area (Å²) in [5.41, 5.74) is 1.63. The van der Waals surface area contributed by atoms with Gasteiger partial charge in [0.25, 0.3) is 6.47 Å². The van der Waals surface area contributed by atoms with Crippen molar-refractivity contribution < 1.29 is 24.5 Å². The van der Waals surface area contributed by atoms with E-state index >= 15 is 0 Å². The van der Waals surface area contributed by atoms with Gasteiger partial charge in [-0.05, 0) is 43.9 Å². The fourth-order valence-electron chi connectivity index (χ4n) is 4.44. The van der Waals surface area contributed by atoms with Gasteiger partial charge in [0.2, 0.25) is 0 Å². The number of rotatable bonds is 4. The van der Waals surface area contributed by atoms with Gasteiger partial charge in [0, 0.05) is 25.6 Å². The van der Waals surface area contributed by atoms with Gasteiger partial charge in [0.05, 0.1) is 11.7 Å². The number of carboxylic acid groups (broad SMARTS) is 2. The topological polar surface area (TPSA) is 87.1 Å². The van der Waals surface area contributed by atoms with Crippen molar-refractivity contribution in [2.24, 2.45) is 5.41 Å². The molecule has 25 heavy (non-hydrogen) atoms. The third-order valence-electron chi connectivity index (χ3n) is 5.44. The number of nitrogens with zero attached hydrogens (tertiary/aromatic N) is 1. The second kappa shape index (κ2) is 8.97. The van der Waals surface area contributed by atoms with Crippen LogP contribution in [0.4, 0.5) is 0 Å². The van der Waals surface area contributed by atoms with E-state index in [1.165, 1.54) is 25.7 Å². The Bertz CT molecular complexity index is 591. The van der Waals surface area contributed by atoms with Crippen LogP contribution >= 0.6 is 0 Å². The molecule has 3 rings (SSSR count). The zero-order valence-electron chi connectivity index (χ0n) is 14.7. The van der Waals surface area contributed by atoms with Crippen LogP contribution in [0.5, 0.6) is 0 Å². The number of likely N-dealkylation sites (tertiary alicyclic amines) is 1. The summed E-state index contributed by atoms with van der Waals surface area (Å²) >= 11 is 0. The molecule has 2 aliphatic rings. The van der Waals surface area contributed by atoms with Gasteiger partial charge in [-0.3, -0.25) is 9.69 Å². The van der Waals surface area contributed by atoms with Gasteiger partial charge < -0.3 is 14.9 Å². The largest absolute Gasteiger partial charge is 0.483 e. The van der Waals surface area contributed by atoms with Gasteiger partial charge in [-0.2, -0.15) is 0 Å². The summed E-state index contributed by atoms with van der Waals surface area (Å²) in [6, 6.07) is 7.36. The van der Waals surface area contributed by atoms with Crippen molar-refractivity contribution >= 4 is 12.4 Å². The van der Waals surface area contributed by atoms with Crippen molar-refractivity contribution in [2.75, 3.05) is 20.2 Å². The monoisotopic (exact) mass is 349 g/mol. The van der Waals surface area contributed by atoms with Gasteiger partial charge in [-0.1, -0.05) is 24.6 Å². The standard InChI is InChI=1S/C18H25NO3.CH2O2/c1-22-16-8-4-9-18(16)10-5-11-19(13-18)12-14-6-2-3-7-15(14)17(20)21;2-1-3/h2-3,6-7,16H,4-5,8-13H2,1H3,(H,20,21);1H,(H,2,3)/t16-,18+;/m1./s1. The second-order valence-corrected chi connectivity index (χ2v) is 6.86. The van der Waals surface area contributed by atoms with Crippen LogP contribution in [0.1, 0.15) is 48.0 Å². The summed E-state index contributed by atoms with van der Waals surface area (Å²) in [6.45, 7) is 2.55. The molecule has 0 amide bonds. The summed E-state index contributed by atoms with van der Waals surface area (Å²) in [6.07, 6.45) is 6.43. The van der Waals surface area contributed by atoms with E-state index < -0.39 is 5.97 Å². The summed E-state index contributed by atoms with van der Waals surface area (Å²) in [7, 11) is 1.83. The summed E-state index contributed by atoms with van der Waals surface area (Å²) < 4.78 is 5.74. The molecular weight excluding hydrogens is 322 g/mol. The van der Waals surface area contributed by atoms with Crippen LogP contribution in [0.15, 0.2) is 24.3 Å². The van der Waals surface area contributed by atoms with Gasteiger partial charge >= 0.3 is 5.97 Å². The van der Waals surface area contributed by atoms with E-state index in [0.717, 1.165) is 31.6 Å². The van der Waals surface area contributed by atoms with Crippen LogP contribution in [0.2, 0.25) is 0 Å². The molecule has 1 aliphatic heterocycles. The fraction of sp³-hybridized carbons (Fsp3) is 0.579. The van der Waals surface area contributed by atoms with Crippen LogP contribution in [0.3, 0.4) is 0 Å². The molecule has 1 aliphatic carbocycles.